The van der Waals surface area contributed by atoms with Gasteiger partial charge in [-0.05, 0) is 12.5 Å². The second-order valence-electron chi connectivity index (χ2n) is 3.54. The summed E-state index contributed by atoms with van der Waals surface area (Å²) >= 11 is 0. The predicted molar refractivity (Wildman–Crippen MR) is 68.1 cm³/mol. The third-order valence-electron chi connectivity index (χ3n) is 1.95. The Balaban J connectivity index is 0.00000289. The van der Waals surface area contributed by atoms with Crippen LogP contribution in [0.3, 0.4) is 0 Å². The lowest BCUT2D eigenvalue weighted by molar-refractivity contribution is -0.160. The van der Waals surface area contributed by atoms with Crippen molar-refractivity contribution in [1.82, 2.24) is 0 Å². The van der Waals surface area contributed by atoms with E-state index in [1.165, 1.54) is 6.92 Å². The number of benzene rings is 1. The largest absolute Gasteiger partial charge is 0.458 e. The average Bonchev–Trinajstić information content (AvgIpc) is 2.34. The SMILES string of the molecule is C[C@H](N)C(=O)OCC(=O)OCc1ccccc1.Cl. The highest BCUT2D eigenvalue weighted by molar-refractivity contribution is 5.85. The molecule has 1 atom stereocenters. The summed E-state index contributed by atoms with van der Waals surface area (Å²) in [5, 5.41) is 0. The molecule has 2 N–H and O–H groups in total. The summed E-state index contributed by atoms with van der Waals surface area (Å²) in [4.78, 5) is 22.2. The molecule has 1 aromatic carbocycles. The van der Waals surface area contributed by atoms with Gasteiger partial charge in [-0.3, -0.25) is 4.79 Å². The Labute approximate surface area is 112 Å². The third-order valence-corrected chi connectivity index (χ3v) is 1.95. The maximum atomic E-state index is 11.2. The Morgan fingerprint density at radius 2 is 1.83 bits per heavy atom. The molecule has 18 heavy (non-hydrogen) atoms. The molecule has 0 saturated carbocycles. The highest BCUT2D eigenvalue weighted by Crippen LogP contribution is 2.00. The van der Waals surface area contributed by atoms with E-state index in [0.717, 1.165) is 5.56 Å². The number of carbonyl (C=O) groups is 2. The van der Waals surface area contributed by atoms with Crippen LogP contribution in [0.2, 0.25) is 0 Å². The minimum atomic E-state index is -0.739. The molecule has 0 aliphatic heterocycles. The molecule has 0 unspecified atom stereocenters. The number of esters is 2. The van der Waals surface area contributed by atoms with Crippen molar-refractivity contribution in [2.45, 2.75) is 19.6 Å². The van der Waals surface area contributed by atoms with Crippen molar-refractivity contribution >= 4 is 24.3 Å². The summed E-state index contributed by atoms with van der Waals surface area (Å²) in [6, 6.07) is 8.49. The Kier molecular flexibility index (Phi) is 7.74. The quantitative estimate of drug-likeness (QED) is 0.811. The highest BCUT2D eigenvalue weighted by atomic mass is 35.5. The molecule has 0 spiro atoms. The summed E-state index contributed by atoms with van der Waals surface area (Å²) in [7, 11) is 0. The minimum Gasteiger partial charge on any atom is -0.458 e. The van der Waals surface area contributed by atoms with Gasteiger partial charge in [0, 0.05) is 0 Å². The second kappa shape index (κ2) is 8.49. The zero-order valence-electron chi connectivity index (χ0n) is 10.00. The maximum absolute atomic E-state index is 11.2. The number of carbonyl (C=O) groups excluding carboxylic acids is 2. The van der Waals surface area contributed by atoms with Gasteiger partial charge in [0.2, 0.25) is 0 Å². The van der Waals surface area contributed by atoms with Crippen LogP contribution in [0, 0.1) is 0 Å². The zero-order chi connectivity index (χ0) is 12.7. The average molecular weight is 274 g/mol. The van der Waals surface area contributed by atoms with E-state index < -0.39 is 24.6 Å². The molecule has 0 aliphatic carbocycles. The van der Waals surface area contributed by atoms with Gasteiger partial charge in [0.15, 0.2) is 6.61 Å². The van der Waals surface area contributed by atoms with Gasteiger partial charge in [-0.1, -0.05) is 30.3 Å². The monoisotopic (exact) mass is 273 g/mol. The van der Waals surface area contributed by atoms with Crippen molar-refractivity contribution in [3.05, 3.63) is 35.9 Å². The molecule has 0 radical (unpaired) electrons. The fraction of sp³-hybridized carbons (Fsp3) is 0.333. The van der Waals surface area contributed by atoms with E-state index in [1.807, 2.05) is 30.3 Å². The summed E-state index contributed by atoms with van der Waals surface area (Å²) in [6.45, 7) is 1.24. The van der Waals surface area contributed by atoms with E-state index in [2.05, 4.69) is 4.74 Å². The summed E-state index contributed by atoms with van der Waals surface area (Å²) < 4.78 is 9.52. The molecule has 0 fully saturated rings. The number of hydrogen-bond acceptors (Lipinski definition) is 5. The van der Waals surface area contributed by atoms with Crippen LogP contribution in [0.1, 0.15) is 12.5 Å². The van der Waals surface area contributed by atoms with Crippen molar-refractivity contribution < 1.29 is 19.1 Å². The molecule has 6 heteroatoms. The van der Waals surface area contributed by atoms with Crippen LogP contribution in [0.5, 0.6) is 0 Å². The van der Waals surface area contributed by atoms with E-state index in [-0.39, 0.29) is 19.0 Å². The molecular weight excluding hydrogens is 258 g/mol. The van der Waals surface area contributed by atoms with Crippen LogP contribution in [0.4, 0.5) is 0 Å². The molecule has 1 aromatic rings. The fourth-order valence-corrected chi connectivity index (χ4v) is 1.04. The maximum Gasteiger partial charge on any atom is 0.344 e. The van der Waals surface area contributed by atoms with Gasteiger partial charge in [-0.15, -0.1) is 12.4 Å². The Hall–Kier alpha value is -1.59. The molecule has 0 amide bonds. The number of rotatable bonds is 5. The first-order valence-corrected chi connectivity index (χ1v) is 5.21. The van der Waals surface area contributed by atoms with E-state index in [0.29, 0.717) is 0 Å². The lowest BCUT2D eigenvalue weighted by Crippen LogP contribution is -2.30. The van der Waals surface area contributed by atoms with Crippen molar-refractivity contribution in [2.75, 3.05) is 6.61 Å². The van der Waals surface area contributed by atoms with Crippen molar-refractivity contribution in [1.29, 1.82) is 0 Å². The number of halogens is 1. The number of hydrogen-bond donors (Lipinski definition) is 1. The molecule has 1 rings (SSSR count). The summed E-state index contributed by atoms with van der Waals surface area (Å²) in [6.07, 6.45) is 0. The standard InChI is InChI=1S/C12H15NO4.ClH/c1-9(13)12(15)17-8-11(14)16-7-10-5-3-2-4-6-10;/h2-6,9H,7-8,13H2,1H3;1H/t9-;/m0./s1. The first kappa shape index (κ1) is 16.4. The predicted octanol–water partition coefficient (Wildman–Crippen LogP) is 1.04. The van der Waals surface area contributed by atoms with Gasteiger partial charge in [0.05, 0.1) is 0 Å². The molecule has 0 aliphatic rings. The smallest absolute Gasteiger partial charge is 0.344 e. The minimum absolute atomic E-state index is 0. The Morgan fingerprint density at radius 1 is 1.22 bits per heavy atom. The molecule has 0 heterocycles. The first-order valence-electron chi connectivity index (χ1n) is 5.21. The summed E-state index contributed by atoms with van der Waals surface area (Å²) in [5.41, 5.74) is 6.13. The van der Waals surface area contributed by atoms with Crippen molar-refractivity contribution in [3.8, 4) is 0 Å². The van der Waals surface area contributed by atoms with Gasteiger partial charge < -0.3 is 15.2 Å². The number of nitrogens with two attached hydrogens (primary N) is 1. The Morgan fingerprint density at radius 3 is 2.39 bits per heavy atom. The molecule has 5 nitrogen and oxygen atoms in total. The van der Waals surface area contributed by atoms with Crippen molar-refractivity contribution in [2.24, 2.45) is 5.73 Å². The van der Waals surface area contributed by atoms with Gasteiger partial charge in [-0.2, -0.15) is 0 Å². The van der Waals surface area contributed by atoms with Crippen LogP contribution in [0.25, 0.3) is 0 Å². The first-order chi connectivity index (χ1) is 8.09. The van der Waals surface area contributed by atoms with Gasteiger partial charge in [0.1, 0.15) is 12.6 Å². The molecule has 0 bridgehead atoms. The lowest BCUT2D eigenvalue weighted by atomic mass is 10.2. The summed E-state index contributed by atoms with van der Waals surface area (Å²) in [5.74, 6) is -1.22. The van der Waals surface area contributed by atoms with E-state index >= 15 is 0 Å². The highest BCUT2D eigenvalue weighted by Gasteiger charge is 2.12. The molecule has 0 aromatic heterocycles. The topological polar surface area (TPSA) is 78.6 Å². The van der Waals surface area contributed by atoms with E-state index in [4.69, 9.17) is 10.5 Å². The van der Waals surface area contributed by atoms with Crippen LogP contribution in [-0.2, 0) is 25.7 Å². The Bertz CT molecular complexity index is 381. The molecule has 0 saturated heterocycles. The van der Waals surface area contributed by atoms with Crippen molar-refractivity contribution in [3.63, 3.8) is 0 Å². The van der Waals surface area contributed by atoms with Crippen LogP contribution in [0.15, 0.2) is 30.3 Å². The second-order valence-corrected chi connectivity index (χ2v) is 3.54. The van der Waals surface area contributed by atoms with Gasteiger partial charge >= 0.3 is 11.9 Å². The normalized spacial score (nSPS) is 11.0. The fourth-order valence-electron chi connectivity index (χ4n) is 1.04. The molecular formula is C12H16ClNO4. The lowest BCUT2D eigenvalue weighted by Gasteiger charge is -2.07. The van der Waals surface area contributed by atoms with Gasteiger partial charge in [-0.25, -0.2) is 4.79 Å². The van der Waals surface area contributed by atoms with E-state index in [9.17, 15) is 9.59 Å². The van der Waals surface area contributed by atoms with Crippen LogP contribution in [-0.4, -0.2) is 24.6 Å². The van der Waals surface area contributed by atoms with Crippen LogP contribution < -0.4 is 5.73 Å². The van der Waals surface area contributed by atoms with Gasteiger partial charge in [0.25, 0.3) is 0 Å². The molecule has 100 valence electrons. The van der Waals surface area contributed by atoms with Crippen LogP contribution >= 0.6 is 12.4 Å². The number of ether oxygens (including phenoxy) is 2. The zero-order valence-corrected chi connectivity index (χ0v) is 10.8. The third kappa shape index (κ3) is 6.22. The van der Waals surface area contributed by atoms with E-state index in [1.54, 1.807) is 0 Å².